The van der Waals surface area contributed by atoms with Gasteiger partial charge in [-0.1, -0.05) is 58.8 Å². The van der Waals surface area contributed by atoms with Crippen LogP contribution in [-0.4, -0.2) is 65.1 Å². The summed E-state index contributed by atoms with van der Waals surface area (Å²) in [6.07, 6.45) is 12.3. The number of carbonyl (C=O) groups excluding carboxylic acids is 5. The minimum Gasteiger partial charge on any atom is -0.363 e. The van der Waals surface area contributed by atoms with Gasteiger partial charge in [-0.15, -0.1) is 0 Å². The summed E-state index contributed by atoms with van der Waals surface area (Å²) >= 11 is 0. The summed E-state index contributed by atoms with van der Waals surface area (Å²) in [6.45, 7) is 4.32. The second-order valence-electron chi connectivity index (χ2n) is 11.6. The van der Waals surface area contributed by atoms with Crippen molar-refractivity contribution in [2.24, 2.45) is 17.6 Å². The Kier molecular flexibility index (Phi) is 11.4. The zero-order valence-electron chi connectivity index (χ0n) is 23.1. The highest BCUT2D eigenvalue weighted by atomic mass is 16.2. The van der Waals surface area contributed by atoms with E-state index in [0.717, 1.165) is 64.2 Å². The van der Waals surface area contributed by atoms with Gasteiger partial charge in [0, 0.05) is 12.6 Å². The zero-order valence-corrected chi connectivity index (χ0v) is 23.1. The quantitative estimate of drug-likeness (QED) is 0.301. The van der Waals surface area contributed by atoms with Gasteiger partial charge in [-0.3, -0.25) is 19.2 Å². The molecular formula is C28H47N5O5. The molecular weight excluding hydrogens is 486 g/mol. The van der Waals surface area contributed by atoms with Crippen LogP contribution < -0.4 is 21.7 Å². The number of nitrogens with zero attached hydrogens (tertiary/aromatic N) is 1. The van der Waals surface area contributed by atoms with Gasteiger partial charge in [-0.2, -0.15) is 0 Å². The number of rotatable bonds is 11. The normalized spacial score (nSPS) is 23.2. The molecule has 3 rings (SSSR count). The van der Waals surface area contributed by atoms with E-state index in [-0.39, 0.29) is 29.8 Å². The molecule has 2 aliphatic carbocycles. The number of hydrogen-bond donors (Lipinski definition) is 4. The number of hydrogen-bond acceptors (Lipinski definition) is 5. The second-order valence-corrected chi connectivity index (χ2v) is 11.6. The van der Waals surface area contributed by atoms with Gasteiger partial charge in [-0.25, -0.2) is 4.79 Å². The Morgan fingerprint density at radius 3 is 2.11 bits per heavy atom. The van der Waals surface area contributed by atoms with Crippen molar-refractivity contribution in [3.63, 3.8) is 0 Å². The summed E-state index contributed by atoms with van der Waals surface area (Å²) in [4.78, 5) is 65.8. The molecule has 214 valence electrons. The van der Waals surface area contributed by atoms with Gasteiger partial charge in [0.2, 0.25) is 17.6 Å². The number of amides is 5. The fourth-order valence-corrected chi connectivity index (χ4v) is 6.19. The first-order chi connectivity index (χ1) is 18.2. The second kappa shape index (κ2) is 14.5. The first kappa shape index (κ1) is 29.9. The fraction of sp³-hybridized carbons (Fsp3) is 0.821. The van der Waals surface area contributed by atoms with Crippen LogP contribution in [0.2, 0.25) is 0 Å². The van der Waals surface area contributed by atoms with Crippen molar-refractivity contribution in [1.29, 1.82) is 0 Å². The van der Waals surface area contributed by atoms with E-state index in [1.807, 2.05) is 13.8 Å². The number of ketones is 1. The molecule has 3 aliphatic rings. The van der Waals surface area contributed by atoms with Gasteiger partial charge in [0.25, 0.3) is 5.91 Å². The van der Waals surface area contributed by atoms with Crippen molar-refractivity contribution in [1.82, 2.24) is 20.9 Å². The predicted molar refractivity (Wildman–Crippen MR) is 144 cm³/mol. The molecule has 0 bridgehead atoms. The number of Topliss-reactive ketones (excluding diaryl/α,β-unsaturated/α-hetero) is 1. The third-order valence-corrected chi connectivity index (χ3v) is 8.66. The van der Waals surface area contributed by atoms with E-state index in [4.69, 9.17) is 5.73 Å². The lowest BCUT2D eigenvalue weighted by atomic mass is 9.83. The van der Waals surface area contributed by atoms with Crippen LogP contribution in [0.3, 0.4) is 0 Å². The first-order valence-electron chi connectivity index (χ1n) is 14.7. The van der Waals surface area contributed by atoms with E-state index < -0.39 is 35.7 Å². The molecule has 5 amide bonds. The van der Waals surface area contributed by atoms with E-state index in [9.17, 15) is 24.0 Å². The molecule has 38 heavy (non-hydrogen) atoms. The van der Waals surface area contributed by atoms with Crippen LogP contribution in [0.5, 0.6) is 0 Å². The van der Waals surface area contributed by atoms with Crippen LogP contribution in [0.15, 0.2) is 0 Å². The lowest BCUT2D eigenvalue weighted by Crippen LogP contribution is -2.59. The highest BCUT2D eigenvalue weighted by molar-refractivity contribution is 6.37. The Hall–Kier alpha value is -2.65. The molecule has 0 spiro atoms. The fourth-order valence-electron chi connectivity index (χ4n) is 6.19. The van der Waals surface area contributed by atoms with E-state index in [2.05, 4.69) is 16.0 Å². The summed E-state index contributed by atoms with van der Waals surface area (Å²) in [7, 11) is 0. The molecule has 10 nitrogen and oxygen atoms in total. The van der Waals surface area contributed by atoms with Crippen LogP contribution in [-0.2, 0) is 19.2 Å². The maximum absolute atomic E-state index is 13.9. The van der Waals surface area contributed by atoms with Crippen molar-refractivity contribution in [2.75, 3.05) is 6.54 Å². The van der Waals surface area contributed by atoms with Gasteiger partial charge >= 0.3 is 6.03 Å². The summed E-state index contributed by atoms with van der Waals surface area (Å²) in [6, 6.07) is -2.66. The van der Waals surface area contributed by atoms with Gasteiger partial charge in [0.05, 0.1) is 6.04 Å². The van der Waals surface area contributed by atoms with Crippen LogP contribution in [0.25, 0.3) is 0 Å². The Labute approximate surface area is 226 Å². The van der Waals surface area contributed by atoms with Crippen molar-refractivity contribution in [3.05, 3.63) is 0 Å². The van der Waals surface area contributed by atoms with E-state index in [1.54, 1.807) is 4.90 Å². The number of nitrogens with two attached hydrogens (primary N) is 1. The first-order valence-corrected chi connectivity index (χ1v) is 14.7. The number of carbonyl (C=O) groups is 5. The highest BCUT2D eigenvalue weighted by Crippen LogP contribution is 2.29. The minimum atomic E-state index is -1.08. The summed E-state index contributed by atoms with van der Waals surface area (Å²) in [5.41, 5.74) is 5.24. The van der Waals surface area contributed by atoms with Crippen molar-refractivity contribution in [2.45, 2.75) is 128 Å². The molecule has 5 N–H and O–H groups in total. The summed E-state index contributed by atoms with van der Waals surface area (Å²) in [5.74, 6) is -2.47. The van der Waals surface area contributed by atoms with Gasteiger partial charge < -0.3 is 26.6 Å². The van der Waals surface area contributed by atoms with Crippen molar-refractivity contribution >= 4 is 29.5 Å². The average Bonchev–Trinajstić information content (AvgIpc) is 3.41. The Morgan fingerprint density at radius 2 is 1.50 bits per heavy atom. The maximum atomic E-state index is 13.9. The molecule has 1 aliphatic heterocycles. The molecule has 0 aromatic heterocycles. The van der Waals surface area contributed by atoms with Gasteiger partial charge in [-0.05, 0) is 56.8 Å². The number of primary amides is 1. The van der Waals surface area contributed by atoms with Crippen LogP contribution in [0.4, 0.5) is 4.79 Å². The van der Waals surface area contributed by atoms with Crippen molar-refractivity contribution in [3.8, 4) is 0 Å². The Balaban J connectivity index is 1.71. The van der Waals surface area contributed by atoms with Crippen LogP contribution in [0, 0.1) is 11.8 Å². The van der Waals surface area contributed by atoms with E-state index >= 15 is 0 Å². The monoisotopic (exact) mass is 533 g/mol. The van der Waals surface area contributed by atoms with Crippen molar-refractivity contribution < 1.29 is 24.0 Å². The number of nitrogens with one attached hydrogen (secondary N) is 3. The minimum absolute atomic E-state index is 0.0206. The smallest absolute Gasteiger partial charge is 0.315 e. The SMILES string of the molecule is CCC(C)CC(NC(=O)C1CCCN1C(=O)C(NC(=O)NC1CCCCC1)C1CCCCC1)C(=O)C(N)=O. The average molecular weight is 534 g/mol. The molecule has 1 heterocycles. The largest absolute Gasteiger partial charge is 0.363 e. The lowest BCUT2D eigenvalue weighted by Gasteiger charge is -2.35. The van der Waals surface area contributed by atoms with Gasteiger partial charge in [0.1, 0.15) is 12.1 Å². The predicted octanol–water partition coefficient (Wildman–Crippen LogP) is 2.53. The molecule has 0 radical (unpaired) electrons. The zero-order chi connectivity index (χ0) is 27.7. The number of likely N-dealkylation sites (tertiary alicyclic amines) is 1. The summed E-state index contributed by atoms with van der Waals surface area (Å²) in [5, 5.41) is 8.77. The molecule has 2 saturated carbocycles. The third kappa shape index (κ3) is 8.17. The molecule has 0 aromatic carbocycles. The maximum Gasteiger partial charge on any atom is 0.315 e. The summed E-state index contributed by atoms with van der Waals surface area (Å²) < 4.78 is 0. The van der Waals surface area contributed by atoms with Crippen LogP contribution in [0.1, 0.15) is 104 Å². The molecule has 4 atom stereocenters. The third-order valence-electron chi connectivity index (χ3n) is 8.66. The van der Waals surface area contributed by atoms with Gasteiger partial charge in [0.15, 0.2) is 0 Å². The topological polar surface area (TPSA) is 151 Å². The molecule has 4 unspecified atom stereocenters. The van der Waals surface area contributed by atoms with E-state index in [1.165, 1.54) is 6.42 Å². The lowest BCUT2D eigenvalue weighted by molar-refractivity contribution is -0.143. The Morgan fingerprint density at radius 1 is 0.868 bits per heavy atom. The molecule has 0 aromatic rings. The standard InChI is InChI=1S/C28H47N5O5/c1-3-18(2)17-21(24(34)25(29)35)31-26(36)22-15-10-16-33(22)27(37)23(19-11-6-4-7-12-19)32-28(38)30-20-13-8-5-9-14-20/h18-23H,3-17H2,1-2H3,(H2,29,35)(H,31,36)(H2,30,32,38). The number of urea groups is 1. The van der Waals surface area contributed by atoms with E-state index in [0.29, 0.717) is 25.8 Å². The molecule has 1 saturated heterocycles. The Bertz CT molecular complexity index is 853. The molecule has 10 heteroatoms. The van der Waals surface area contributed by atoms with Crippen LogP contribution >= 0.6 is 0 Å². The highest BCUT2D eigenvalue weighted by Gasteiger charge is 2.42. The molecule has 3 fully saturated rings.